The van der Waals surface area contributed by atoms with Crippen LogP contribution in [0.1, 0.15) is 12.1 Å². The van der Waals surface area contributed by atoms with Crippen molar-refractivity contribution in [2.75, 3.05) is 18.4 Å². The van der Waals surface area contributed by atoms with Gasteiger partial charge in [-0.1, -0.05) is 0 Å². The standard InChI is InChI=1S/C8H10F3N3S/c9-8(10,11)6-4-15-7(14-6)13-5-1-2-12-3-5/h4-5,12H,1-3H2,(H,13,14)/t5-/m0/s1. The van der Waals surface area contributed by atoms with Crippen LogP contribution in [0.3, 0.4) is 0 Å². The number of aromatic nitrogens is 1. The average molecular weight is 237 g/mol. The summed E-state index contributed by atoms with van der Waals surface area (Å²) in [5.74, 6) is 0. The molecule has 1 aromatic heterocycles. The van der Waals surface area contributed by atoms with Crippen LogP contribution in [0.4, 0.5) is 18.3 Å². The van der Waals surface area contributed by atoms with Gasteiger partial charge in [-0.2, -0.15) is 13.2 Å². The van der Waals surface area contributed by atoms with Crippen molar-refractivity contribution in [1.82, 2.24) is 10.3 Å². The highest BCUT2D eigenvalue weighted by Crippen LogP contribution is 2.31. The predicted octanol–water partition coefficient (Wildman–Crippen LogP) is 1.94. The second-order valence-corrected chi connectivity index (χ2v) is 4.23. The summed E-state index contributed by atoms with van der Waals surface area (Å²) >= 11 is 0.993. The fraction of sp³-hybridized carbons (Fsp3) is 0.625. The van der Waals surface area contributed by atoms with E-state index in [0.717, 1.165) is 36.2 Å². The molecule has 1 fully saturated rings. The Morgan fingerprint density at radius 1 is 1.53 bits per heavy atom. The van der Waals surface area contributed by atoms with E-state index >= 15 is 0 Å². The second-order valence-electron chi connectivity index (χ2n) is 3.37. The molecule has 7 heteroatoms. The molecule has 0 unspecified atom stereocenters. The third-order valence-electron chi connectivity index (χ3n) is 2.18. The number of anilines is 1. The van der Waals surface area contributed by atoms with Gasteiger partial charge in [-0.15, -0.1) is 11.3 Å². The fourth-order valence-corrected chi connectivity index (χ4v) is 2.22. The zero-order chi connectivity index (χ0) is 10.9. The molecule has 1 aliphatic rings. The molecule has 0 bridgehead atoms. The van der Waals surface area contributed by atoms with Gasteiger partial charge in [0.25, 0.3) is 0 Å². The molecule has 3 nitrogen and oxygen atoms in total. The van der Waals surface area contributed by atoms with Crippen LogP contribution in [0, 0.1) is 0 Å². The fourth-order valence-electron chi connectivity index (χ4n) is 1.42. The number of hydrogen-bond donors (Lipinski definition) is 2. The Hall–Kier alpha value is -0.820. The van der Waals surface area contributed by atoms with Crippen molar-refractivity contribution in [3.8, 4) is 0 Å². The SMILES string of the molecule is FC(F)(F)c1csc(N[C@H]2CCNC2)n1. The van der Waals surface area contributed by atoms with Crippen LogP contribution >= 0.6 is 11.3 Å². The first-order chi connectivity index (χ1) is 7.05. The molecule has 1 aliphatic heterocycles. The van der Waals surface area contributed by atoms with Crippen molar-refractivity contribution in [1.29, 1.82) is 0 Å². The Morgan fingerprint density at radius 3 is 2.87 bits per heavy atom. The third kappa shape index (κ3) is 2.60. The molecule has 0 amide bonds. The summed E-state index contributed by atoms with van der Waals surface area (Å²) < 4.78 is 36.7. The van der Waals surface area contributed by atoms with Crippen LogP contribution in [-0.4, -0.2) is 24.1 Å². The Labute approximate surface area is 88.7 Å². The Kier molecular flexibility index (Phi) is 2.83. The minimum Gasteiger partial charge on any atom is -0.357 e. The van der Waals surface area contributed by atoms with Crippen LogP contribution in [0.15, 0.2) is 5.38 Å². The molecular weight excluding hydrogens is 227 g/mol. The molecule has 1 aromatic rings. The van der Waals surface area contributed by atoms with Crippen LogP contribution in [0.2, 0.25) is 0 Å². The zero-order valence-electron chi connectivity index (χ0n) is 7.77. The number of thiazole rings is 1. The zero-order valence-corrected chi connectivity index (χ0v) is 8.58. The van der Waals surface area contributed by atoms with E-state index in [4.69, 9.17) is 0 Å². The lowest BCUT2D eigenvalue weighted by atomic mass is 10.3. The number of rotatable bonds is 2. The molecule has 0 saturated carbocycles. The van der Waals surface area contributed by atoms with E-state index in [1.165, 1.54) is 0 Å². The summed E-state index contributed by atoms with van der Waals surface area (Å²) in [4.78, 5) is 3.50. The van der Waals surface area contributed by atoms with Crippen LogP contribution < -0.4 is 10.6 Å². The average Bonchev–Trinajstić information content (AvgIpc) is 2.73. The van der Waals surface area contributed by atoms with Gasteiger partial charge in [0, 0.05) is 18.0 Å². The van der Waals surface area contributed by atoms with E-state index in [0.29, 0.717) is 5.13 Å². The van der Waals surface area contributed by atoms with Gasteiger partial charge in [0.1, 0.15) is 0 Å². The maximum atomic E-state index is 12.2. The second kappa shape index (κ2) is 3.97. The first-order valence-corrected chi connectivity index (χ1v) is 5.43. The van der Waals surface area contributed by atoms with Gasteiger partial charge in [0.15, 0.2) is 10.8 Å². The predicted molar refractivity (Wildman–Crippen MR) is 52.0 cm³/mol. The van der Waals surface area contributed by atoms with Gasteiger partial charge in [-0.3, -0.25) is 0 Å². The van der Waals surface area contributed by atoms with E-state index in [-0.39, 0.29) is 6.04 Å². The number of nitrogens with zero attached hydrogens (tertiary/aromatic N) is 1. The number of alkyl halides is 3. The van der Waals surface area contributed by atoms with Crippen molar-refractivity contribution in [2.45, 2.75) is 18.6 Å². The lowest BCUT2D eigenvalue weighted by Gasteiger charge is -2.08. The van der Waals surface area contributed by atoms with Crippen LogP contribution in [0.5, 0.6) is 0 Å². The molecule has 2 rings (SSSR count). The normalized spacial score (nSPS) is 21.9. The van der Waals surface area contributed by atoms with Gasteiger partial charge < -0.3 is 10.6 Å². The largest absolute Gasteiger partial charge is 0.434 e. The van der Waals surface area contributed by atoms with Gasteiger partial charge >= 0.3 is 6.18 Å². The van der Waals surface area contributed by atoms with Crippen molar-refractivity contribution in [3.63, 3.8) is 0 Å². The Bertz CT molecular complexity index is 330. The monoisotopic (exact) mass is 237 g/mol. The third-order valence-corrected chi connectivity index (χ3v) is 2.96. The topological polar surface area (TPSA) is 37.0 Å². The molecule has 15 heavy (non-hydrogen) atoms. The van der Waals surface area contributed by atoms with Gasteiger partial charge in [-0.25, -0.2) is 4.98 Å². The molecule has 1 atom stereocenters. The van der Waals surface area contributed by atoms with Crippen molar-refractivity contribution >= 4 is 16.5 Å². The summed E-state index contributed by atoms with van der Waals surface area (Å²) in [7, 11) is 0. The van der Waals surface area contributed by atoms with Crippen molar-refractivity contribution < 1.29 is 13.2 Å². The summed E-state index contributed by atoms with van der Waals surface area (Å²) in [6.45, 7) is 1.68. The number of nitrogens with one attached hydrogen (secondary N) is 2. The summed E-state index contributed by atoms with van der Waals surface area (Å²) in [5.41, 5.74) is -0.819. The molecule has 0 radical (unpaired) electrons. The first kappa shape index (κ1) is 10.7. The lowest BCUT2D eigenvalue weighted by Crippen LogP contribution is -2.22. The first-order valence-electron chi connectivity index (χ1n) is 4.55. The smallest absolute Gasteiger partial charge is 0.357 e. The maximum Gasteiger partial charge on any atom is 0.434 e. The van der Waals surface area contributed by atoms with Crippen LogP contribution in [-0.2, 0) is 6.18 Å². The minimum atomic E-state index is -4.34. The van der Waals surface area contributed by atoms with E-state index in [1.807, 2.05) is 0 Å². The molecule has 84 valence electrons. The highest BCUT2D eigenvalue weighted by molar-refractivity contribution is 7.13. The molecule has 2 N–H and O–H groups in total. The molecule has 0 spiro atoms. The van der Waals surface area contributed by atoms with Gasteiger partial charge in [0.2, 0.25) is 0 Å². The molecule has 1 saturated heterocycles. The molecule has 0 aromatic carbocycles. The Morgan fingerprint density at radius 2 is 2.33 bits per heavy atom. The van der Waals surface area contributed by atoms with E-state index < -0.39 is 11.9 Å². The van der Waals surface area contributed by atoms with E-state index in [1.54, 1.807) is 0 Å². The highest BCUT2D eigenvalue weighted by atomic mass is 32.1. The summed E-state index contributed by atoms with van der Waals surface area (Å²) in [6.07, 6.45) is -3.43. The summed E-state index contributed by atoms with van der Waals surface area (Å²) in [6, 6.07) is 0.192. The molecule has 0 aliphatic carbocycles. The number of hydrogen-bond acceptors (Lipinski definition) is 4. The number of halogens is 3. The van der Waals surface area contributed by atoms with E-state index in [2.05, 4.69) is 15.6 Å². The maximum absolute atomic E-state index is 12.2. The van der Waals surface area contributed by atoms with Gasteiger partial charge in [-0.05, 0) is 13.0 Å². The molecule has 2 heterocycles. The molecular formula is C8H10F3N3S. The Balaban J connectivity index is 2.00. The highest BCUT2D eigenvalue weighted by Gasteiger charge is 2.34. The summed E-state index contributed by atoms with van der Waals surface area (Å²) in [5, 5.41) is 7.48. The quantitative estimate of drug-likeness (QED) is 0.825. The lowest BCUT2D eigenvalue weighted by molar-refractivity contribution is -0.140. The van der Waals surface area contributed by atoms with Crippen molar-refractivity contribution in [2.24, 2.45) is 0 Å². The van der Waals surface area contributed by atoms with Crippen LogP contribution in [0.25, 0.3) is 0 Å². The van der Waals surface area contributed by atoms with Crippen molar-refractivity contribution in [3.05, 3.63) is 11.1 Å². The van der Waals surface area contributed by atoms with Gasteiger partial charge in [0.05, 0.1) is 0 Å². The van der Waals surface area contributed by atoms with E-state index in [9.17, 15) is 13.2 Å². The minimum absolute atomic E-state index is 0.192.